The zero-order chi connectivity index (χ0) is 22.6. The molecule has 2 fully saturated rings. The molecule has 33 heavy (non-hydrogen) atoms. The van der Waals surface area contributed by atoms with Crippen LogP contribution in [0.15, 0.2) is 79.1 Å². The lowest BCUT2D eigenvalue weighted by Gasteiger charge is -2.18. The highest BCUT2D eigenvalue weighted by molar-refractivity contribution is 5.95. The molecular weight excluding hydrogens is 422 g/mol. The van der Waals surface area contributed by atoms with Crippen LogP contribution < -0.4 is 15.4 Å². The molecule has 3 aromatic rings. The third kappa shape index (κ3) is 4.72. The summed E-state index contributed by atoms with van der Waals surface area (Å²) in [7, 11) is 0. The minimum absolute atomic E-state index is 0.210. The maximum Gasteiger partial charge on any atom is 0.251 e. The van der Waals surface area contributed by atoms with E-state index in [0.717, 1.165) is 0 Å². The molecule has 0 spiro atoms. The van der Waals surface area contributed by atoms with Crippen molar-refractivity contribution in [2.75, 3.05) is 13.2 Å². The van der Waals surface area contributed by atoms with E-state index in [-0.39, 0.29) is 36.1 Å². The topological polar surface area (TPSA) is 98.8 Å². The zero-order valence-corrected chi connectivity index (χ0v) is 17.7. The van der Waals surface area contributed by atoms with Gasteiger partial charge in [-0.05, 0) is 42.5 Å². The quantitative estimate of drug-likeness (QED) is 0.605. The van der Waals surface area contributed by atoms with Crippen molar-refractivity contribution in [2.24, 2.45) is 0 Å². The Morgan fingerprint density at radius 3 is 2.03 bits per heavy atom. The first kappa shape index (κ1) is 21.1. The Hall–Kier alpha value is -3.75. The van der Waals surface area contributed by atoms with E-state index in [1.807, 2.05) is 30.3 Å². The van der Waals surface area contributed by atoms with Crippen molar-refractivity contribution in [3.8, 4) is 11.5 Å². The first-order valence-corrected chi connectivity index (χ1v) is 10.8. The van der Waals surface area contributed by atoms with Crippen molar-refractivity contribution < 1.29 is 23.8 Å². The Bertz CT molecular complexity index is 1130. The van der Waals surface area contributed by atoms with Crippen molar-refractivity contribution in [3.63, 3.8) is 0 Å². The van der Waals surface area contributed by atoms with Crippen molar-refractivity contribution >= 4 is 11.8 Å². The highest BCUT2D eigenvalue weighted by atomic mass is 16.6. The summed E-state index contributed by atoms with van der Waals surface area (Å²) < 4.78 is 17.6. The number of para-hydroxylation sites is 1. The molecule has 0 bridgehead atoms. The van der Waals surface area contributed by atoms with Gasteiger partial charge in [-0.3, -0.25) is 14.6 Å². The lowest BCUT2D eigenvalue weighted by molar-refractivity contribution is 0.0628. The van der Waals surface area contributed by atoms with E-state index < -0.39 is 0 Å². The van der Waals surface area contributed by atoms with Gasteiger partial charge in [-0.15, -0.1) is 0 Å². The van der Waals surface area contributed by atoms with Crippen LogP contribution >= 0.6 is 0 Å². The number of ether oxygens (including phenoxy) is 3. The van der Waals surface area contributed by atoms with Crippen LogP contribution in [-0.4, -0.2) is 54.3 Å². The summed E-state index contributed by atoms with van der Waals surface area (Å²) in [6.07, 6.45) is 2.48. The largest absolute Gasteiger partial charge is 0.457 e. The average Bonchev–Trinajstić information content (AvgIpc) is 3.44. The molecule has 2 aliphatic rings. The van der Waals surface area contributed by atoms with Crippen LogP contribution in [0.2, 0.25) is 0 Å². The molecule has 2 saturated heterocycles. The number of carbonyl (C=O) groups excluding carboxylic acids is 2. The minimum Gasteiger partial charge on any atom is -0.457 e. The van der Waals surface area contributed by atoms with Crippen LogP contribution in [0.25, 0.3) is 0 Å². The molecule has 0 radical (unpaired) electrons. The predicted octanol–water partition coefficient (Wildman–Crippen LogP) is 2.57. The van der Waals surface area contributed by atoms with Crippen LogP contribution in [0.1, 0.15) is 20.7 Å². The van der Waals surface area contributed by atoms with E-state index in [1.54, 1.807) is 48.8 Å². The number of nitrogens with zero attached hydrogens (tertiary/aromatic N) is 1. The third-order valence-corrected chi connectivity index (χ3v) is 5.70. The molecule has 2 aromatic carbocycles. The van der Waals surface area contributed by atoms with Gasteiger partial charge in [0.25, 0.3) is 11.8 Å². The molecule has 3 heterocycles. The standard InChI is InChI=1S/C25H23N3O5/c29-24(16-9-11-26-12-10-16)27-20-14-31-23-21(15-32-22(20)23)28-25(30)17-5-4-8-19(13-17)33-18-6-2-1-3-7-18/h1-13,20-23H,14-15H2,(H,27,29)(H,28,30). The van der Waals surface area contributed by atoms with Gasteiger partial charge >= 0.3 is 0 Å². The molecule has 8 nitrogen and oxygen atoms in total. The first-order valence-electron chi connectivity index (χ1n) is 10.8. The Labute approximate surface area is 190 Å². The summed E-state index contributed by atoms with van der Waals surface area (Å²) in [6.45, 7) is 0.627. The van der Waals surface area contributed by atoms with Crippen LogP contribution in [0.4, 0.5) is 0 Å². The summed E-state index contributed by atoms with van der Waals surface area (Å²) in [5.41, 5.74) is 1.00. The number of hydrogen-bond donors (Lipinski definition) is 2. The molecule has 4 atom stereocenters. The molecule has 1 aromatic heterocycles. The maximum absolute atomic E-state index is 12.9. The summed E-state index contributed by atoms with van der Waals surface area (Å²) >= 11 is 0. The van der Waals surface area contributed by atoms with Gasteiger partial charge in [0.1, 0.15) is 23.7 Å². The number of aromatic nitrogens is 1. The van der Waals surface area contributed by atoms with E-state index in [4.69, 9.17) is 14.2 Å². The molecule has 8 heteroatoms. The van der Waals surface area contributed by atoms with Crippen molar-refractivity contribution in [1.82, 2.24) is 15.6 Å². The second kappa shape index (κ2) is 9.40. The van der Waals surface area contributed by atoms with Crippen LogP contribution in [0, 0.1) is 0 Å². The molecule has 2 amide bonds. The van der Waals surface area contributed by atoms with Gasteiger partial charge in [-0.1, -0.05) is 24.3 Å². The summed E-state index contributed by atoms with van der Waals surface area (Å²) in [5.74, 6) is 0.820. The average molecular weight is 445 g/mol. The van der Waals surface area contributed by atoms with Gasteiger partial charge in [-0.2, -0.15) is 0 Å². The lowest BCUT2D eigenvalue weighted by atomic mass is 10.1. The van der Waals surface area contributed by atoms with Crippen molar-refractivity contribution in [2.45, 2.75) is 24.3 Å². The Kier molecular flexibility index (Phi) is 6.01. The fourth-order valence-electron chi connectivity index (χ4n) is 4.08. The fraction of sp³-hybridized carbons (Fsp3) is 0.240. The van der Waals surface area contributed by atoms with E-state index >= 15 is 0 Å². The third-order valence-electron chi connectivity index (χ3n) is 5.70. The maximum atomic E-state index is 12.9. The van der Waals surface area contributed by atoms with Crippen LogP contribution in [-0.2, 0) is 9.47 Å². The van der Waals surface area contributed by atoms with E-state index in [0.29, 0.717) is 35.8 Å². The van der Waals surface area contributed by atoms with Gasteiger partial charge < -0.3 is 24.8 Å². The molecule has 0 saturated carbocycles. The van der Waals surface area contributed by atoms with Gasteiger partial charge in [0.15, 0.2) is 0 Å². The van der Waals surface area contributed by atoms with Gasteiger partial charge in [0.05, 0.1) is 25.3 Å². The lowest BCUT2D eigenvalue weighted by Crippen LogP contribution is -2.46. The molecular formula is C25H23N3O5. The number of amides is 2. The first-order chi connectivity index (χ1) is 16.2. The number of fused-ring (bicyclic) bond motifs is 1. The monoisotopic (exact) mass is 445 g/mol. The summed E-state index contributed by atoms with van der Waals surface area (Å²) in [4.78, 5) is 29.3. The number of nitrogens with one attached hydrogen (secondary N) is 2. The number of pyridine rings is 1. The van der Waals surface area contributed by atoms with E-state index in [9.17, 15) is 9.59 Å². The molecule has 168 valence electrons. The van der Waals surface area contributed by atoms with Gasteiger partial charge in [-0.25, -0.2) is 0 Å². The fourth-order valence-corrected chi connectivity index (χ4v) is 4.08. The SMILES string of the molecule is O=C(NC1COC2C(NC(=O)c3cccc(Oc4ccccc4)c3)COC12)c1ccncc1. The van der Waals surface area contributed by atoms with Crippen LogP contribution in [0.3, 0.4) is 0 Å². The predicted molar refractivity (Wildman–Crippen MR) is 119 cm³/mol. The molecule has 5 rings (SSSR count). The number of rotatable bonds is 6. The number of carbonyl (C=O) groups is 2. The van der Waals surface area contributed by atoms with Crippen molar-refractivity contribution in [3.05, 3.63) is 90.3 Å². The normalized spacial score (nSPS) is 23.5. The zero-order valence-electron chi connectivity index (χ0n) is 17.7. The Morgan fingerprint density at radius 1 is 0.758 bits per heavy atom. The summed E-state index contributed by atoms with van der Waals surface area (Å²) in [6, 6.07) is 19.1. The highest BCUT2D eigenvalue weighted by Crippen LogP contribution is 2.28. The van der Waals surface area contributed by atoms with E-state index in [2.05, 4.69) is 15.6 Å². The molecule has 0 aliphatic carbocycles. The Morgan fingerprint density at radius 2 is 1.36 bits per heavy atom. The highest BCUT2D eigenvalue weighted by Gasteiger charge is 2.48. The second-order valence-electron chi connectivity index (χ2n) is 7.93. The Balaban J connectivity index is 1.19. The smallest absolute Gasteiger partial charge is 0.251 e. The minimum atomic E-state index is -0.333. The van der Waals surface area contributed by atoms with E-state index in [1.165, 1.54) is 0 Å². The van der Waals surface area contributed by atoms with Crippen LogP contribution in [0.5, 0.6) is 11.5 Å². The van der Waals surface area contributed by atoms with Crippen molar-refractivity contribution in [1.29, 1.82) is 0 Å². The molecule has 2 N–H and O–H groups in total. The molecule has 2 aliphatic heterocycles. The molecule has 4 unspecified atom stereocenters. The number of hydrogen-bond acceptors (Lipinski definition) is 6. The number of benzene rings is 2. The second-order valence-corrected chi connectivity index (χ2v) is 7.93. The summed E-state index contributed by atoms with van der Waals surface area (Å²) in [5, 5.41) is 5.95. The van der Waals surface area contributed by atoms with Gasteiger partial charge in [0.2, 0.25) is 0 Å². The van der Waals surface area contributed by atoms with Gasteiger partial charge in [0, 0.05) is 23.5 Å².